The Labute approximate surface area is 152 Å². The molecule has 1 heterocycles. The molecule has 0 fully saturated rings. The molecule has 0 aliphatic heterocycles. The lowest BCUT2D eigenvalue weighted by Gasteiger charge is -2.09. The van der Waals surface area contributed by atoms with Crippen molar-refractivity contribution in [2.45, 2.75) is 32.9 Å². The van der Waals surface area contributed by atoms with Crippen LogP contribution in [-0.2, 0) is 0 Å². The molecular weight excluding hydrogens is 332 g/mol. The molecule has 0 bridgehead atoms. The van der Waals surface area contributed by atoms with Gasteiger partial charge in [0.1, 0.15) is 11.5 Å². The SMILES string of the molecule is CC(C)Oc1ccc(Oc2ncc(-c3ccc(C(C)N)cc3)s2)cc1. The fourth-order valence-corrected chi connectivity index (χ4v) is 3.14. The second-order valence-electron chi connectivity index (χ2n) is 6.14. The molecule has 4 nitrogen and oxygen atoms in total. The maximum Gasteiger partial charge on any atom is 0.279 e. The fraction of sp³-hybridized carbons (Fsp3) is 0.250. The summed E-state index contributed by atoms with van der Waals surface area (Å²) in [7, 11) is 0. The highest BCUT2D eigenvalue weighted by Gasteiger charge is 2.08. The molecule has 5 heteroatoms. The quantitative estimate of drug-likeness (QED) is 0.643. The fourth-order valence-electron chi connectivity index (χ4n) is 2.35. The van der Waals surface area contributed by atoms with Crippen molar-refractivity contribution in [2.75, 3.05) is 0 Å². The van der Waals surface area contributed by atoms with Crippen LogP contribution in [0.5, 0.6) is 16.7 Å². The maximum absolute atomic E-state index is 5.89. The summed E-state index contributed by atoms with van der Waals surface area (Å²) >= 11 is 1.51. The number of nitrogens with two attached hydrogens (primary N) is 1. The van der Waals surface area contributed by atoms with E-state index in [9.17, 15) is 0 Å². The van der Waals surface area contributed by atoms with Crippen LogP contribution in [0.4, 0.5) is 0 Å². The minimum absolute atomic E-state index is 0.0389. The molecular formula is C20H22N2O2S. The van der Waals surface area contributed by atoms with Crippen molar-refractivity contribution in [1.82, 2.24) is 4.98 Å². The van der Waals surface area contributed by atoms with Gasteiger partial charge in [0, 0.05) is 12.2 Å². The zero-order chi connectivity index (χ0) is 17.8. The van der Waals surface area contributed by atoms with E-state index < -0.39 is 0 Å². The van der Waals surface area contributed by atoms with Gasteiger partial charge in [-0.2, -0.15) is 0 Å². The second kappa shape index (κ2) is 7.68. The summed E-state index contributed by atoms with van der Waals surface area (Å²) in [5.74, 6) is 1.57. The molecule has 2 aromatic carbocycles. The Morgan fingerprint density at radius 3 is 2.16 bits per heavy atom. The number of ether oxygens (including phenoxy) is 2. The van der Waals surface area contributed by atoms with Crippen LogP contribution in [0.25, 0.3) is 10.4 Å². The van der Waals surface area contributed by atoms with Crippen molar-refractivity contribution in [3.05, 3.63) is 60.3 Å². The van der Waals surface area contributed by atoms with Gasteiger partial charge < -0.3 is 15.2 Å². The number of aromatic nitrogens is 1. The van der Waals surface area contributed by atoms with E-state index in [1.54, 1.807) is 0 Å². The first-order valence-corrected chi connectivity index (χ1v) is 9.09. The van der Waals surface area contributed by atoms with Crippen LogP contribution in [0, 0.1) is 0 Å². The molecule has 3 rings (SSSR count). The van der Waals surface area contributed by atoms with E-state index in [1.165, 1.54) is 11.3 Å². The Bertz CT molecular complexity index is 808. The highest BCUT2D eigenvalue weighted by Crippen LogP contribution is 2.33. The number of nitrogens with zero attached hydrogens (tertiary/aromatic N) is 1. The molecule has 3 aromatic rings. The summed E-state index contributed by atoms with van der Waals surface area (Å²) < 4.78 is 11.5. The third kappa shape index (κ3) is 4.59. The molecule has 0 aliphatic rings. The normalized spacial score (nSPS) is 12.2. The van der Waals surface area contributed by atoms with Crippen LogP contribution in [0.3, 0.4) is 0 Å². The number of hydrogen-bond donors (Lipinski definition) is 1. The number of thiazole rings is 1. The Kier molecular flexibility index (Phi) is 5.36. The Balaban J connectivity index is 1.69. The third-order valence-electron chi connectivity index (χ3n) is 3.61. The van der Waals surface area contributed by atoms with Crippen LogP contribution < -0.4 is 15.2 Å². The van der Waals surface area contributed by atoms with E-state index in [1.807, 2.05) is 63.4 Å². The maximum atomic E-state index is 5.89. The van der Waals surface area contributed by atoms with E-state index in [0.717, 1.165) is 27.5 Å². The molecule has 1 atom stereocenters. The molecule has 2 N–H and O–H groups in total. The molecule has 0 saturated heterocycles. The largest absolute Gasteiger partial charge is 0.491 e. The summed E-state index contributed by atoms with van der Waals surface area (Å²) in [6.45, 7) is 5.98. The predicted octanol–water partition coefficient (Wildman–Crippen LogP) is 5.41. The van der Waals surface area contributed by atoms with Crippen molar-refractivity contribution in [1.29, 1.82) is 0 Å². The highest BCUT2D eigenvalue weighted by molar-refractivity contribution is 7.16. The van der Waals surface area contributed by atoms with E-state index in [-0.39, 0.29) is 12.1 Å². The summed E-state index contributed by atoms with van der Waals surface area (Å²) in [5, 5.41) is 0.615. The average molecular weight is 354 g/mol. The first kappa shape index (κ1) is 17.5. The van der Waals surface area contributed by atoms with Gasteiger partial charge in [-0.3, -0.25) is 0 Å². The lowest BCUT2D eigenvalue weighted by atomic mass is 10.1. The van der Waals surface area contributed by atoms with Crippen molar-refractivity contribution >= 4 is 11.3 Å². The molecule has 0 amide bonds. The van der Waals surface area contributed by atoms with Crippen molar-refractivity contribution in [3.8, 4) is 27.1 Å². The van der Waals surface area contributed by atoms with Gasteiger partial charge >= 0.3 is 0 Å². The summed E-state index contributed by atoms with van der Waals surface area (Å²) in [6, 6.07) is 15.8. The summed E-state index contributed by atoms with van der Waals surface area (Å²) in [5.41, 5.74) is 8.12. The minimum Gasteiger partial charge on any atom is -0.491 e. The molecule has 25 heavy (non-hydrogen) atoms. The van der Waals surface area contributed by atoms with Crippen LogP contribution in [0.15, 0.2) is 54.7 Å². The number of hydrogen-bond acceptors (Lipinski definition) is 5. The van der Waals surface area contributed by atoms with Crippen molar-refractivity contribution < 1.29 is 9.47 Å². The molecule has 0 spiro atoms. The number of rotatable bonds is 6. The highest BCUT2D eigenvalue weighted by atomic mass is 32.1. The van der Waals surface area contributed by atoms with E-state index in [2.05, 4.69) is 17.1 Å². The lowest BCUT2D eigenvalue weighted by molar-refractivity contribution is 0.242. The Hall–Kier alpha value is -2.37. The van der Waals surface area contributed by atoms with Gasteiger partial charge in [-0.1, -0.05) is 35.6 Å². The van der Waals surface area contributed by atoms with E-state index in [0.29, 0.717) is 5.19 Å². The summed E-state index contributed by atoms with van der Waals surface area (Å²) in [6.07, 6.45) is 1.99. The molecule has 0 saturated carbocycles. The van der Waals surface area contributed by atoms with Gasteiger partial charge in [-0.15, -0.1) is 0 Å². The first-order valence-electron chi connectivity index (χ1n) is 8.27. The van der Waals surface area contributed by atoms with Gasteiger partial charge in [-0.05, 0) is 56.2 Å². The lowest BCUT2D eigenvalue weighted by Crippen LogP contribution is -2.05. The van der Waals surface area contributed by atoms with Gasteiger partial charge in [0.2, 0.25) is 0 Å². The zero-order valence-electron chi connectivity index (χ0n) is 14.6. The average Bonchev–Trinajstić information content (AvgIpc) is 3.05. The third-order valence-corrected chi connectivity index (χ3v) is 4.53. The predicted molar refractivity (Wildman–Crippen MR) is 102 cm³/mol. The standard InChI is InChI=1S/C20H22N2O2S/c1-13(2)23-17-8-10-18(11-9-17)24-20-22-12-19(25-20)16-6-4-15(5-7-16)14(3)21/h4-14H,21H2,1-3H3. The van der Waals surface area contributed by atoms with E-state index in [4.69, 9.17) is 15.2 Å². The van der Waals surface area contributed by atoms with Gasteiger partial charge in [0.25, 0.3) is 5.19 Å². The van der Waals surface area contributed by atoms with Crippen LogP contribution in [0.2, 0.25) is 0 Å². The van der Waals surface area contributed by atoms with Crippen LogP contribution >= 0.6 is 11.3 Å². The van der Waals surface area contributed by atoms with Crippen molar-refractivity contribution in [3.63, 3.8) is 0 Å². The molecule has 0 aliphatic carbocycles. The van der Waals surface area contributed by atoms with Gasteiger partial charge in [0.05, 0.1) is 11.0 Å². The minimum atomic E-state index is 0.0389. The van der Waals surface area contributed by atoms with Crippen molar-refractivity contribution in [2.24, 2.45) is 5.73 Å². The summed E-state index contributed by atoms with van der Waals surface area (Å²) in [4.78, 5) is 5.42. The molecule has 1 unspecified atom stereocenters. The first-order chi connectivity index (χ1) is 12.0. The van der Waals surface area contributed by atoms with Crippen LogP contribution in [-0.4, -0.2) is 11.1 Å². The number of benzene rings is 2. The Morgan fingerprint density at radius 1 is 0.920 bits per heavy atom. The van der Waals surface area contributed by atoms with Crippen LogP contribution in [0.1, 0.15) is 32.4 Å². The monoisotopic (exact) mass is 354 g/mol. The van der Waals surface area contributed by atoms with E-state index >= 15 is 0 Å². The van der Waals surface area contributed by atoms with Gasteiger partial charge in [-0.25, -0.2) is 4.98 Å². The molecule has 0 radical (unpaired) electrons. The molecule has 1 aromatic heterocycles. The second-order valence-corrected chi connectivity index (χ2v) is 7.13. The zero-order valence-corrected chi connectivity index (χ0v) is 15.4. The Morgan fingerprint density at radius 2 is 1.56 bits per heavy atom. The topological polar surface area (TPSA) is 57.4 Å². The molecule has 130 valence electrons. The smallest absolute Gasteiger partial charge is 0.279 e. The van der Waals surface area contributed by atoms with Gasteiger partial charge in [0.15, 0.2) is 0 Å².